The molecule has 5 nitrogen and oxygen atoms in total. The second-order valence-corrected chi connectivity index (χ2v) is 5.08. The zero-order chi connectivity index (χ0) is 13.7. The van der Waals surface area contributed by atoms with Gasteiger partial charge in [0, 0.05) is 22.0 Å². The molecule has 1 aromatic rings. The lowest BCUT2D eigenvalue weighted by molar-refractivity contribution is 0.0940. The average molecular weight is 335 g/mol. The molecule has 0 bridgehead atoms. The van der Waals surface area contributed by atoms with Gasteiger partial charge in [-0.3, -0.25) is 4.79 Å². The summed E-state index contributed by atoms with van der Waals surface area (Å²) in [5, 5.41) is 14.6. The van der Waals surface area contributed by atoms with Crippen molar-refractivity contribution in [2.75, 3.05) is 0 Å². The highest BCUT2D eigenvalue weighted by atomic mass is 79.9. The van der Waals surface area contributed by atoms with E-state index < -0.39 is 0 Å². The van der Waals surface area contributed by atoms with Crippen LogP contribution < -0.4 is 11.1 Å². The van der Waals surface area contributed by atoms with Gasteiger partial charge in [-0.2, -0.15) is 0 Å². The van der Waals surface area contributed by atoms with E-state index in [1.807, 2.05) is 0 Å². The molecule has 18 heavy (non-hydrogen) atoms. The Morgan fingerprint density at radius 1 is 1.67 bits per heavy atom. The first-order valence-electron chi connectivity index (χ1n) is 5.16. The summed E-state index contributed by atoms with van der Waals surface area (Å²) in [6.45, 7) is 1.76. The van der Waals surface area contributed by atoms with Gasteiger partial charge in [0.05, 0.1) is 5.56 Å². The first-order chi connectivity index (χ1) is 8.43. The molecule has 0 aliphatic rings. The maximum Gasteiger partial charge on any atom is 0.252 e. The SMILES string of the molecule is CC(C/C(N)=N/O)NC(=O)c1ccc(Cl)cc1Br. The van der Waals surface area contributed by atoms with Crippen LogP contribution in [0, 0.1) is 0 Å². The van der Waals surface area contributed by atoms with E-state index in [1.165, 1.54) is 0 Å². The van der Waals surface area contributed by atoms with Gasteiger partial charge in [0.2, 0.25) is 0 Å². The van der Waals surface area contributed by atoms with Crippen LogP contribution in [0.1, 0.15) is 23.7 Å². The molecule has 0 radical (unpaired) electrons. The number of nitrogens with zero attached hydrogens (tertiary/aromatic N) is 1. The van der Waals surface area contributed by atoms with Crippen molar-refractivity contribution in [1.29, 1.82) is 0 Å². The van der Waals surface area contributed by atoms with Crippen molar-refractivity contribution in [3.8, 4) is 0 Å². The zero-order valence-corrected chi connectivity index (χ0v) is 12.0. The van der Waals surface area contributed by atoms with E-state index in [2.05, 4.69) is 26.4 Å². The number of hydrogen-bond donors (Lipinski definition) is 3. The Labute approximate surface area is 118 Å². The molecule has 0 aliphatic carbocycles. The summed E-state index contributed by atoms with van der Waals surface area (Å²) >= 11 is 9.06. The number of hydrogen-bond acceptors (Lipinski definition) is 3. The fraction of sp³-hybridized carbons (Fsp3) is 0.273. The Kier molecular flexibility index (Phi) is 5.43. The van der Waals surface area contributed by atoms with E-state index in [4.69, 9.17) is 22.5 Å². The van der Waals surface area contributed by atoms with Crippen LogP contribution in [0.15, 0.2) is 27.8 Å². The average Bonchev–Trinajstić information content (AvgIpc) is 2.28. The third kappa shape index (κ3) is 4.19. The summed E-state index contributed by atoms with van der Waals surface area (Å²) in [6, 6.07) is 4.66. The molecule has 4 N–H and O–H groups in total. The maximum atomic E-state index is 11.9. The number of benzene rings is 1. The predicted octanol–water partition coefficient (Wildman–Crippen LogP) is 2.36. The van der Waals surface area contributed by atoms with Crippen molar-refractivity contribution in [2.45, 2.75) is 19.4 Å². The summed E-state index contributed by atoms with van der Waals surface area (Å²) in [5.41, 5.74) is 5.84. The molecule has 0 heterocycles. The third-order valence-electron chi connectivity index (χ3n) is 2.20. The Morgan fingerprint density at radius 2 is 2.33 bits per heavy atom. The lowest BCUT2D eigenvalue weighted by Crippen LogP contribution is -2.35. The molecule has 1 unspecified atom stereocenters. The molecule has 1 atom stereocenters. The van der Waals surface area contributed by atoms with Gasteiger partial charge in [0.25, 0.3) is 5.91 Å². The molecule has 0 aliphatic heterocycles. The molecule has 0 spiro atoms. The molecular weight excluding hydrogens is 321 g/mol. The summed E-state index contributed by atoms with van der Waals surface area (Å²) in [4.78, 5) is 11.9. The summed E-state index contributed by atoms with van der Waals surface area (Å²) in [5.74, 6) is -0.185. The zero-order valence-electron chi connectivity index (χ0n) is 9.65. The lowest BCUT2D eigenvalue weighted by Gasteiger charge is -2.13. The summed E-state index contributed by atoms with van der Waals surface area (Å²) in [6.07, 6.45) is 0.271. The van der Waals surface area contributed by atoms with Crippen LogP contribution in [-0.2, 0) is 0 Å². The van der Waals surface area contributed by atoms with Gasteiger partial charge in [0.1, 0.15) is 5.84 Å². The second kappa shape index (κ2) is 6.61. The Morgan fingerprint density at radius 3 is 2.89 bits per heavy atom. The lowest BCUT2D eigenvalue weighted by atomic mass is 10.1. The molecule has 1 aromatic carbocycles. The smallest absolute Gasteiger partial charge is 0.252 e. The highest BCUT2D eigenvalue weighted by Crippen LogP contribution is 2.21. The topological polar surface area (TPSA) is 87.7 Å². The highest BCUT2D eigenvalue weighted by molar-refractivity contribution is 9.10. The first-order valence-corrected chi connectivity index (χ1v) is 6.33. The van der Waals surface area contributed by atoms with Crippen molar-refractivity contribution in [1.82, 2.24) is 5.32 Å². The van der Waals surface area contributed by atoms with Crippen molar-refractivity contribution in [2.24, 2.45) is 10.9 Å². The molecule has 0 fully saturated rings. The quantitative estimate of drug-likeness (QED) is 0.342. The van der Waals surface area contributed by atoms with Gasteiger partial charge >= 0.3 is 0 Å². The number of carbonyl (C=O) groups excluding carboxylic acids is 1. The van der Waals surface area contributed by atoms with Crippen LogP contribution in [0.4, 0.5) is 0 Å². The van der Waals surface area contributed by atoms with Crippen LogP contribution in [0.25, 0.3) is 0 Å². The van der Waals surface area contributed by atoms with Gasteiger partial charge < -0.3 is 16.3 Å². The van der Waals surface area contributed by atoms with Gasteiger partial charge in [-0.25, -0.2) is 0 Å². The van der Waals surface area contributed by atoms with Crippen LogP contribution in [0.2, 0.25) is 5.02 Å². The molecule has 0 saturated carbocycles. The Bertz CT molecular complexity index is 479. The van der Waals surface area contributed by atoms with E-state index >= 15 is 0 Å². The van der Waals surface area contributed by atoms with Gasteiger partial charge in [-0.05, 0) is 41.1 Å². The molecule has 1 rings (SSSR count). The molecular formula is C11H13BrClN3O2. The standard InChI is InChI=1S/C11H13BrClN3O2/c1-6(4-10(14)16-18)15-11(17)8-3-2-7(13)5-9(8)12/h2-3,5-6,18H,4H2,1H3,(H2,14,16)(H,15,17). The van der Waals surface area contributed by atoms with Gasteiger partial charge in [-0.15, -0.1) is 0 Å². The van der Waals surface area contributed by atoms with Crippen molar-refractivity contribution in [3.05, 3.63) is 33.3 Å². The summed E-state index contributed by atoms with van der Waals surface area (Å²) in [7, 11) is 0. The molecule has 98 valence electrons. The minimum Gasteiger partial charge on any atom is -0.409 e. The van der Waals surface area contributed by atoms with Crippen LogP contribution >= 0.6 is 27.5 Å². The van der Waals surface area contributed by atoms with Crippen molar-refractivity contribution in [3.63, 3.8) is 0 Å². The van der Waals surface area contributed by atoms with E-state index in [-0.39, 0.29) is 24.2 Å². The van der Waals surface area contributed by atoms with Gasteiger partial charge in [-0.1, -0.05) is 16.8 Å². The van der Waals surface area contributed by atoms with Crippen LogP contribution in [0.3, 0.4) is 0 Å². The number of carbonyl (C=O) groups is 1. The fourth-order valence-corrected chi connectivity index (χ4v) is 2.24. The number of oxime groups is 1. The molecule has 0 aromatic heterocycles. The second-order valence-electron chi connectivity index (χ2n) is 3.79. The predicted molar refractivity (Wildman–Crippen MR) is 74.1 cm³/mol. The van der Waals surface area contributed by atoms with E-state index in [0.29, 0.717) is 15.1 Å². The van der Waals surface area contributed by atoms with Crippen molar-refractivity contribution < 1.29 is 10.0 Å². The molecule has 0 saturated heterocycles. The first kappa shape index (κ1) is 14.8. The van der Waals surface area contributed by atoms with E-state index in [0.717, 1.165) is 0 Å². The van der Waals surface area contributed by atoms with E-state index in [1.54, 1.807) is 25.1 Å². The normalized spacial score (nSPS) is 13.2. The summed E-state index contributed by atoms with van der Waals surface area (Å²) < 4.78 is 0.614. The number of amidine groups is 1. The number of rotatable bonds is 4. The Balaban J connectivity index is 2.71. The molecule has 1 amide bonds. The maximum absolute atomic E-state index is 11.9. The highest BCUT2D eigenvalue weighted by Gasteiger charge is 2.14. The third-order valence-corrected chi connectivity index (χ3v) is 3.09. The number of amides is 1. The monoisotopic (exact) mass is 333 g/mol. The molecule has 7 heteroatoms. The fourth-order valence-electron chi connectivity index (χ4n) is 1.38. The van der Waals surface area contributed by atoms with Crippen LogP contribution in [0.5, 0.6) is 0 Å². The van der Waals surface area contributed by atoms with E-state index in [9.17, 15) is 4.79 Å². The minimum absolute atomic E-state index is 0.0676. The van der Waals surface area contributed by atoms with Crippen LogP contribution in [-0.4, -0.2) is 23.0 Å². The number of nitrogens with two attached hydrogens (primary N) is 1. The van der Waals surface area contributed by atoms with Crippen molar-refractivity contribution >= 4 is 39.3 Å². The largest absolute Gasteiger partial charge is 0.409 e. The number of halogens is 2. The minimum atomic E-state index is -0.253. The van der Waals surface area contributed by atoms with Gasteiger partial charge in [0.15, 0.2) is 0 Å². The number of nitrogens with one attached hydrogen (secondary N) is 1. The Hall–Kier alpha value is -1.27.